The monoisotopic (exact) mass is 234 g/mol. The molecule has 4 heteroatoms. The number of carbonyl (C=O) groups excluding carboxylic acids is 1. The highest BCUT2D eigenvalue weighted by Gasteiger charge is 2.27. The van der Waals surface area contributed by atoms with Crippen molar-refractivity contribution >= 4 is 5.91 Å². The van der Waals surface area contributed by atoms with Crippen LogP contribution in [0.2, 0.25) is 0 Å². The molecular formula is C13H18N2O2. The van der Waals surface area contributed by atoms with Gasteiger partial charge in [-0.05, 0) is 19.4 Å². The molecule has 0 aliphatic carbocycles. The summed E-state index contributed by atoms with van der Waals surface area (Å²) in [7, 11) is 0. The fraction of sp³-hybridized carbons (Fsp3) is 0.462. The zero-order chi connectivity index (χ0) is 12.3. The maximum atomic E-state index is 12.1. The molecule has 0 saturated heterocycles. The molecule has 0 spiro atoms. The van der Waals surface area contributed by atoms with E-state index in [2.05, 4.69) is 5.32 Å². The Hall–Kier alpha value is -1.55. The number of carbonyl (C=O) groups is 1. The van der Waals surface area contributed by atoms with Crippen LogP contribution < -0.4 is 15.8 Å². The van der Waals surface area contributed by atoms with Crippen LogP contribution in [0.1, 0.15) is 24.8 Å². The first-order valence-corrected chi connectivity index (χ1v) is 5.94. The van der Waals surface area contributed by atoms with E-state index in [1.807, 2.05) is 31.2 Å². The van der Waals surface area contributed by atoms with E-state index in [-0.39, 0.29) is 17.9 Å². The molecule has 17 heavy (non-hydrogen) atoms. The van der Waals surface area contributed by atoms with Gasteiger partial charge in [0.2, 0.25) is 5.91 Å². The van der Waals surface area contributed by atoms with Crippen molar-refractivity contribution in [2.45, 2.75) is 25.3 Å². The molecule has 1 heterocycles. The number of nitrogens with one attached hydrogen (secondary N) is 1. The average Bonchev–Trinajstić information content (AvgIpc) is 2.37. The van der Waals surface area contributed by atoms with E-state index in [1.165, 1.54) is 0 Å². The number of nitrogens with two attached hydrogens (primary N) is 1. The normalized spacial score (nSPS) is 20.0. The molecule has 1 aliphatic rings. The van der Waals surface area contributed by atoms with Crippen LogP contribution in [-0.2, 0) is 4.79 Å². The average molecular weight is 234 g/mol. The second-order valence-corrected chi connectivity index (χ2v) is 4.37. The Kier molecular flexibility index (Phi) is 3.64. The molecule has 0 radical (unpaired) electrons. The fourth-order valence-corrected chi connectivity index (χ4v) is 2.02. The number of fused-ring (bicyclic) bond motifs is 1. The van der Waals surface area contributed by atoms with Crippen LogP contribution >= 0.6 is 0 Å². The summed E-state index contributed by atoms with van der Waals surface area (Å²) in [4.78, 5) is 12.1. The van der Waals surface area contributed by atoms with Crippen LogP contribution in [0.25, 0.3) is 0 Å². The highest BCUT2D eigenvalue weighted by atomic mass is 16.5. The Morgan fingerprint density at radius 1 is 1.59 bits per heavy atom. The predicted molar refractivity (Wildman–Crippen MR) is 66.0 cm³/mol. The molecule has 4 nitrogen and oxygen atoms in total. The van der Waals surface area contributed by atoms with Gasteiger partial charge in [0, 0.05) is 18.2 Å². The first kappa shape index (κ1) is 11.9. The summed E-state index contributed by atoms with van der Waals surface area (Å²) in [5.74, 6) is 0.743. The summed E-state index contributed by atoms with van der Waals surface area (Å²) in [5, 5.41) is 2.92. The molecule has 0 aromatic heterocycles. The number of benzene rings is 1. The Bertz CT molecular complexity index is 406. The second kappa shape index (κ2) is 5.19. The van der Waals surface area contributed by atoms with Gasteiger partial charge >= 0.3 is 0 Å². The zero-order valence-electron chi connectivity index (χ0n) is 9.98. The van der Waals surface area contributed by atoms with Gasteiger partial charge in [-0.2, -0.15) is 0 Å². The largest absolute Gasteiger partial charge is 0.493 e. The molecule has 1 aliphatic heterocycles. The van der Waals surface area contributed by atoms with Crippen LogP contribution in [0.15, 0.2) is 24.3 Å². The van der Waals surface area contributed by atoms with Gasteiger partial charge in [-0.25, -0.2) is 0 Å². The minimum Gasteiger partial charge on any atom is -0.493 e. The van der Waals surface area contributed by atoms with Gasteiger partial charge in [0.25, 0.3) is 0 Å². The van der Waals surface area contributed by atoms with Crippen molar-refractivity contribution in [3.05, 3.63) is 29.8 Å². The van der Waals surface area contributed by atoms with Crippen LogP contribution in [0.4, 0.5) is 0 Å². The molecule has 0 bridgehead atoms. The maximum absolute atomic E-state index is 12.1. The third kappa shape index (κ3) is 2.58. The summed E-state index contributed by atoms with van der Waals surface area (Å²) >= 11 is 0. The maximum Gasteiger partial charge on any atom is 0.228 e. The smallest absolute Gasteiger partial charge is 0.228 e. The van der Waals surface area contributed by atoms with Gasteiger partial charge in [-0.15, -0.1) is 0 Å². The molecule has 1 amide bonds. The van der Waals surface area contributed by atoms with E-state index in [1.54, 1.807) is 0 Å². The molecule has 92 valence electrons. The Labute approximate surface area is 101 Å². The first-order chi connectivity index (χ1) is 8.22. The summed E-state index contributed by atoms with van der Waals surface area (Å²) in [6.45, 7) is 2.95. The predicted octanol–water partition coefficient (Wildman–Crippen LogP) is 1.02. The van der Waals surface area contributed by atoms with Gasteiger partial charge in [0.15, 0.2) is 0 Å². The summed E-state index contributed by atoms with van der Waals surface area (Å²) in [5.41, 5.74) is 6.48. The number of para-hydroxylation sites is 1. The first-order valence-electron chi connectivity index (χ1n) is 5.94. The van der Waals surface area contributed by atoms with E-state index >= 15 is 0 Å². The highest BCUT2D eigenvalue weighted by Crippen LogP contribution is 2.33. The molecule has 0 fully saturated rings. The minimum atomic E-state index is -0.117. The lowest BCUT2D eigenvalue weighted by molar-refractivity contribution is -0.123. The molecule has 1 unspecified atom stereocenters. The van der Waals surface area contributed by atoms with Crippen molar-refractivity contribution in [2.75, 3.05) is 13.2 Å². The van der Waals surface area contributed by atoms with Gasteiger partial charge in [0.05, 0.1) is 12.5 Å². The molecule has 1 aromatic rings. The van der Waals surface area contributed by atoms with Crippen LogP contribution in [0, 0.1) is 0 Å². The van der Waals surface area contributed by atoms with Gasteiger partial charge in [0.1, 0.15) is 5.75 Å². The standard InChI is InChI=1S/C13H18N2O2/c1-9(8-14)15-13(16)11-6-7-17-12-5-3-2-4-10(11)12/h2-5,9,11H,6-8,14H2,1H3,(H,15,16)/t9-,11?/m1/s1. The van der Waals surface area contributed by atoms with Crippen LogP contribution in [-0.4, -0.2) is 25.1 Å². The van der Waals surface area contributed by atoms with Crippen molar-refractivity contribution in [3.63, 3.8) is 0 Å². The van der Waals surface area contributed by atoms with Gasteiger partial charge in [-0.1, -0.05) is 18.2 Å². The number of hydrogen-bond donors (Lipinski definition) is 2. The van der Waals surface area contributed by atoms with Crippen molar-refractivity contribution < 1.29 is 9.53 Å². The topological polar surface area (TPSA) is 64.3 Å². The molecule has 2 atom stereocenters. The Morgan fingerprint density at radius 3 is 3.12 bits per heavy atom. The zero-order valence-corrected chi connectivity index (χ0v) is 9.98. The van der Waals surface area contributed by atoms with Crippen molar-refractivity contribution in [2.24, 2.45) is 5.73 Å². The molecule has 1 aromatic carbocycles. The summed E-state index contributed by atoms with van der Waals surface area (Å²) in [6, 6.07) is 7.71. The van der Waals surface area contributed by atoms with E-state index in [4.69, 9.17) is 10.5 Å². The number of hydrogen-bond acceptors (Lipinski definition) is 3. The van der Waals surface area contributed by atoms with Crippen molar-refractivity contribution in [1.82, 2.24) is 5.32 Å². The van der Waals surface area contributed by atoms with Gasteiger partial charge in [-0.3, -0.25) is 4.79 Å². The third-order valence-electron chi connectivity index (χ3n) is 3.02. The quantitative estimate of drug-likeness (QED) is 0.820. The lowest BCUT2D eigenvalue weighted by Crippen LogP contribution is -2.41. The lowest BCUT2D eigenvalue weighted by Gasteiger charge is -2.26. The molecular weight excluding hydrogens is 216 g/mol. The number of ether oxygens (including phenoxy) is 1. The van der Waals surface area contributed by atoms with Crippen molar-refractivity contribution in [1.29, 1.82) is 0 Å². The molecule has 2 rings (SSSR count). The molecule has 0 saturated carbocycles. The minimum absolute atomic E-state index is 0.0116. The van der Waals surface area contributed by atoms with E-state index in [0.717, 1.165) is 17.7 Å². The highest BCUT2D eigenvalue weighted by molar-refractivity contribution is 5.85. The van der Waals surface area contributed by atoms with E-state index < -0.39 is 0 Å². The third-order valence-corrected chi connectivity index (χ3v) is 3.02. The fourth-order valence-electron chi connectivity index (χ4n) is 2.02. The number of amides is 1. The Balaban J connectivity index is 2.15. The van der Waals surface area contributed by atoms with E-state index in [0.29, 0.717) is 13.2 Å². The van der Waals surface area contributed by atoms with Crippen LogP contribution in [0.3, 0.4) is 0 Å². The summed E-state index contributed by atoms with van der Waals surface area (Å²) in [6.07, 6.45) is 0.722. The van der Waals surface area contributed by atoms with Crippen LogP contribution in [0.5, 0.6) is 5.75 Å². The number of rotatable bonds is 3. The SMILES string of the molecule is C[C@H](CN)NC(=O)C1CCOc2ccccc21. The second-order valence-electron chi connectivity index (χ2n) is 4.37. The molecule has 3 N–H and O–H groups in total. The Morgan fingerprint density at radius 2 is 2.35 bits per heavy atom. The lowest BCUT2D eigenvalue weighted by atomic mass is 9.92. The summed E-state index contributed by atoms with van der Waals surface area (Å²) < 4.78 is 5.53. The van der Waals surface area contributed by atoms with Crippen molar-refractivity contribution in [3.8, 4) is 5.75 Å². The van der Waals surface area contributed by atoms with Gasteiger partial charge < -0.3 is 15.8 Å². The van der Waals surface area contributed by atoms with E-state index in [9.17, 15) is 4.79 Å².